The molecule has 7 aromatic heterocycles. The number of hydrogen-bond acceptors (Lipinski definition) is 5. The van der Waals surface area contributed by atoms with Crippen molar-refractivity contribution in [3.63, 3.8) is 0 Å². The molecule has 614 valence electrons. The van der Waals surface area contributed by atoms with Gasteiger partial charge in [0.05, 0.1) is 22.1 Å². The Labute approximate surface area is 765 Å². The van der Waals surface area contributed by atoms with Crippen LogP contribution in [0.3, 0.4) is 0 Å². The highest BCUT2D eigenvalue weighted by Crippen LogP contribution is 2.50. The van der Waals surface area contributed by atoms with E-state index in [1.54, 1.807) is 0 Å². The number of fused-ring (bicyclic) bond motifs is 27. The fourth-order valence-electron chi connectivity index (χ4n) is 21.2. The van der Waals surface area contributed by atoms with Crippen LogP contribution in [0.25, 0.3) is 271 Å². The van der Waals surface area contributed by atoms with Crippen LogP contribution in [0.1, 0.15) is 0 Å². The number of rotatable bonds is 8. The average Bonchev–Trinajstić information content (AvgIpc) is 1.38. The summed E-state index contributed by atoms with van der Waals surface area (Å²) in [6.45, 7) is 0. The third-order valence-electron chi connectivity index (χ3n) is 27.2. The maximum absolute atomic E-state index is 6.31. The van der Waals surface area contributed by atoms with Crippen LogP contribution >= 0.6 is 22.7 Å². The van der Waals surface area contributed by atoms with Gasteiger partial charge in [-0.3, -0.25) is 4.98 Å². The van der Waals surface area contributed by atoms with Crippen molar-refractivity contribution in [3.05, 3.63) is 455 Å². The number of nitrogens with zero attached hydrogens (tertiary/aromatic N) is 3. The van der Waals surface area contributed by atoms with E-state index >= 15 is 0 Å². The lowest BCUT2D eigenvalue weighted by atomic mass is 9.90. The quantitative estimate of drug-likeness (QED) is 0.142. The maximum atomic E-state index is 6.31. The van der Waals surface area contributed by atoms with E-state index in [1.807, 2.05) is 59.3 Å². The van der Waals surface area contributed by atoms with E-state index in [9.17, 15) is 0 Å². The largest absolute Gasteiger partial charge is 0.456 e. The predicted molar refractivity (Wildman–Crippen MR) is 564 cm³/mol. The van der Waals surface area contributed by atoms with E-state index in [0.29, 0.717) is 0 Å². The highest BCUT2D eigenvalue weighted by atomic mass is 32.1. The van der Waals surface area contributed by atoms with Crippen LogP contribution in [-0.2, 0) is 0 Å². The van der Waals surface area contributed by atoms with E-state index in [1.165, 1.54) is 210 Å². The normalized spacial score (nSPS) is 11.9. The SMILES string of the molecule is c1ccc(-c2cc(-c3ccccc3)cc(-n3c4ccccc4c4cc(-c5cc6cc7c(cc6c6ccccc56)oc5ccccc57)ccc43)c2)cc1.c1ccc(-c2ccc3c(c2)c(-c2cccc4c2sc2ccccc24)cc2cc4c(cc23)sc2ccccc24)cc1.c1cncc(-c2cc3cc4c(cc3c3ccc(-n5c6ccccc6c6ccccc65)cc23)oc2ccccc24)c1. The van der Waals surface area contributed by atoms with Crippen molar-refractivity contribution in [1.29, 1.82) is 0 Å². The highest BCUT2D eigenvalue weighted by Gasteiger charge is 2.24. The Balaban J connectivity index is 0.000000103. The van der Waals surface area contributed by atoms with E-state index in [0.717, 1.165) is 60.8 Å². The fraction of sp³-hybridized carbons (Fsp3) is 0. The predicted octanol–water partition coefficient (Wildman–Crippen LogP) is 36.1. The third-order valence-corrected chi connectivity index (χ3v) is 29.6. The van der Waals surface area contributed by atoms with Crippen LogP contribution in [0, 0.1) is 0 Å². The van der Waals surface area contributed by atoms with Crippen LogP contribution in [0.5, 0.6) is 0 Å². The first kappa shape index (κ1) is 75.3. The summed E-state index contributed by atoms with van der Waals surface area (Å²) in [5.41, 5.74) is 25.4. The van der Waals surface area contributed by atoms with Crippen LogP contribution in [0.4, 0.5) is 0 Å². The van der Waals surface area contributed by atoms with Gasteiger partial charge in [0.1, 0.15) is 22.3 Å². The van der Waals surface area contributed by atoms with Gasteiger partial charge in [-0.05, 0) is 272 Å². The van der Waals surface area contributed by atoms with Crippen LogP contribution in [0.2, 0.25) is 0 Å². The monoisotopic (exact) mass is 1710 g/mol. The van der Waals surface area contributed by atoms with Gasteiger partial charge in [0.25, 0.3) is 0 Å². The summed E-state index contributed by atoms with van der Waals surface area (Å²) in [5.74, 6) is 0. The van der Waals surface area contributed by atoms with Gasteiger partial charge in [0, 0.05) is 118 Å². The van der Waals surface area contributed by atoms with Crippen molar-refractivity contribution in [3.8, 4) is 78.1 Å². The molecule has 0 fully saturated rings. The summed E-state index contributed by atoms with van der Waals surface area (Å²) in [6.07, 6.45) is 3.79. The zero-order valence-electron chi connectivity index (χ0n) is 71.3. The zero-order valence-corrected chi connectivity index (χ0v) is 72.9. The summed E-state index contributed by atoms with van der Waals surface area (Å²) in [5, 5.41) is 29.8. The molecule has 0 unspecified atom stereocenters. The second kappa shape index (κ2) is 30.5. The Morgan fingerprint density at radius 3 is 1.22 bits per heavy atom. The molecule has 29 aromatic rings. The molecule has 29 rings (SSSR count). The molecule has 7 heterocycles. The molecule has 0 radical (unpaired) electrons. The lowest BCUT2D eigenvalue weighted by Gasteiger charge is -2.14. The number of thiophene rings is 2. The first-order chi connectivity index (χ1) is 65.4. The van der Waals surface area contributed by atoms with E-state index < -0.39 is 0 Å². The topological polar surface area (TPSA) is 49.0 Å². The summed E-state index contributed by atoms with van der Waals surface area (Å²) in [6, 6.07) is 161. The molecule has 22 aromatic carbocycles. The number of hydrogen-bond donors (Lipinski definition) is 0. The van der Waals surface area contributed by atoms with E-state index in [2.05, 4.69) is 433 Å². The third kappa shape index (κ3) is 12.3. The Bertz CT molecular complexity index is 9690. The molecule has 0 amide bonds. The van der Waals surface area contributed by atoms with Crippen molar-refractivity contribution in [2.45, 2.75) is 0 Å². The Hall–Kier alpha value is -16.8. The molecule has 0 atom stereocenters. The summed E-state index contributed by atoms with van der Waals surface area (Å²) < 4.78 is 22.8. The molecular formula is C125H75N3O2S2. The molecule has 0 bridgehead atoms. The van der Waals surface area contributed by atoms with Crippen LogP contribution in [0.15, 0.2) is 464 Å². The second-order valence-electron chi connectivity index (χ2n) is 34.7. The summed E-state index contributed by atoms with van der Waals surface area (Å²) >= 11 is 3.80. The van der Waals surface area contributed by atoms with Gasteiger partial charge in [-0.25, -0.2) is 0 Å². The molecular weight excluding hydrogens is 1640 g/mol. The van der Waals surface area contributed by atoms with Gasteiger partial charge in [-0.15, -0.1) is 22.7 Å². The van der Waals surface area contributed by atoms with Gasteiger partial charge in [0.15, 0.2) is 0 Å². The van der Waals surface area contributed by atoms with Gasteiger partial charge in [-0.2, -0.15) is 0 Å². The van der Waals surface area contributed by atoms with Gasteiger partial charge in [0.2, 0.25) is 0 Å². The molecule has 5 nitrogen and oxygen atoms in total. The summed E-state index contributed by atoms with van der Waals surface area (Å²) in [4.78, 5) is 4.46. The molecule has 0 spiro atoms. The van der Waals surface area contributed by atoms with Crippen molar-refractivity contribution >= 4 is 215 Å². The van der Waals surface area contributed by atoms with Crippen molar-refractivity contribution in [2.75, 3.05) is 0 Å². The Kier molecular flexibility index (Phi) is 17.4. The first-order valence-corrected chi connectivity index (χ1v) is 46.6. The Morgan fingerprint density at radius 2 is 0.614 bits per heavy atom. The number of aromatic nitrogens is 3. The van der Waals surface area contributed by atoms with Gasteiger partial charge < -0.3 is 18.0 Å². The molecule has 0 saturated carbocycles. The second-order valence-corrected chi connectivity index (χ2v) is 36.8. The van der Waals surface area contributed by atoms with Crippen molar-refractivity contribution in [1.82, 2.24) is 14.1 Å². The number of pyridine rings is 1. The van der Waals surface area contributed by atoms with Crippen molar-refractivity contribution < 1.29 is 8.83 Å². The first-order valence-electron chi connectivity index (χ1n) is 45.0. The van der Waals surface area contributed by atoms with Gasteiger partial charge >= 0.3 is 0 Å². The molecule has 0 aliphatic carbocycles. The van der Waals surface area contributed by atoms with E-state index in [4.69, 9.17) is 8.83 Å². The standard InChI is InChI=1S/C50H31NO.C38H22S2.C37H22N2O/c1-3-13-32(14-4-1)35-25-36(33-15-5-2-6-16-33)27-38(26-35)51-47-21-11-9-19-41(47)45-28-34(23-24-48(45)51)43-29-37-30-46-42-20-10-12-22-49(42)52-50(46)31-44(37)40-18-8-7-17-39(40)43;1-2-9-23(10-3-1)24-17-18-26-31-22-37-34(28-12-5-6-15-35(28)39-37)21-25(31)20-33(32(26)19-24)30-14-8-13-29-27-11-4-7-16-36(27)40-38(29)30;1-4-12-34-27(9-1)28-10-2-5-13-35(28)39(34)25-15-16-26-31-21-37-33(29-11-3-6-14-36(29)40-37)19-24(31)18-30(32(26)20-25)23-8-7-17-38-22-23/h1-31H;2*1-22H. The maximum Gasteiger partial charge on any atom is 0.136 e. The van der Waals surface area contributed by atoms with E-state index in [-0.39, 0.29) is 0 Å². The molecule has 7 heteroatoms. The molecule has 0 aliphatic heterocycles. The zero-order chi connectivity index (χ0) is 86.6. The molecule has 132 heavy (non-hydrogen) atoms. The summed E-state index contributed by atoms with van der Waals surface area (Å²) in [7, 11) is 0. The number of benzene rings is 22. The average molecular weight is 1720 g/mol. The van der Waals surface area contributed by atoms with Gasteiger partial charge in [-0.1, -0.05) is 291 Å². The number of para-hydroxylation sites is 5. The smallest absolute Gasteiger partial charge is 0.136 e. The lowest BCUT2D eigenvalue weighted by molar-refractivity contribution is 0.669. The minimum absolute atomic E-state index is 0.913. The van der Waals surface area contributed by atoms with Crippen LogP contribution < -0.4 is 0 Å². The minimum Gasteiger partial charge on any atom is -0.456 e. The molecule has 0 saturated heterocycles. The fourth-order valence-corrected chi connectivity index (χ4v) is 23.5. The number of furan rings is 2. The highest BCUT2D eigenvalue weighted by molar-refractivity contribution is 7.26. The molecule has 0 N–H and O–H groups in total. The van der Waals surface area contributed by atoms with Crippen LogP contribution in [-0.4, -0.2) is 14.1 Å². The van der Waals surface area contributed by atoms with Crippen molar-refractivity contribution in [2.24, 2.45) is 0 Å². The Morgan fingerprint density at radius 1 is 0.182 bits per heavy atom. The molecule has 0 aliphatic rings. The minimum atomic E-state index is 0.913. The lowest BCUT2D eigenvalue weighted by Crippen LogP contribution is -1.96.